The molecule has 1 unspecified atom stereocenters. The third-order valence-electron chi connectivity index (χ3n) is 4.07. The lowest BCUT2D eigenvalue weighted by molar-refractivity contribution is -0.149. The third-order valence-corrected chi connectivity index (χ3v) is 4.07. The Morgan fingerprint density at radius 1 is 1.21 bits per heavy atom. The van der Waals surface area contributed by atoms with Crippen molar-refractivity contribution in [3.05, 3.63) is 29.3 Å². The van der Waals surface area contributed by atoms with Gasteiger partial charge in [-0.05, 0) is 61.8 Å². The standard InChI is InChI=1S/C16H20O3/c1-18-16(17)15(12-6-7-12)19-14-9-8-11-4-2-3-5-13(11)10-14/h8-10,12,15H,2-7H2,1H3. The molecule has 1 aromatic carbocycles. The summed E-state index contributed by atoms with van der Waals surface area (Å²) in [7, 11) is 1.42. The first-order valence-electron chi connectivity index (χ1n) is 7.14. The van der Waals surface area contributed by atoms with Crippen molar-refractivity contribution in [2.24, 2.45) is 5.92 Å². The van der Waals surface area contributed by atoms with Crippen molar-refractivity contribution in [2.75, 3.05) is 7.11 Å². The molecular formula is C16H20O3. The lowest BCUT2D eigenvalue weighted by atomic mass is 9.92. The number of rotatable bonds is 4. The Balaban J connectivity index is 1.76. The summed E-state index contributed by atoms with van der Waals surface area (Å²) < 4.78 is 10.7. The fourth-order valence-corrected chi connectivity index (χ4v) is 2.78. The normalized spacial score (nSPS) is 19.4. The first kappa shape index (κ1) is 12.5. The predicted molar refractivity (Wildman–Crippen MR) is 72.2 cm³/mol. The maximum atomic E-state index is 11.7. The van der Waals surface area contributed by atoms with Crippen LogP contribution in [0.1, 0.15) is 36.8 Å². The van der Waals surface area contributed by atoms with Crippen molar-refractivity contribution >= 4 is 5.97 Å². The van der Waals surface area contributed by atoms with Gasteiger partial charge in [-0.3, -0.25) is 0 Å². The Labute approximate surface area is 113 Å². The summed E-state index contributed by atoms with van der Waals surface area (Å²) in [4.78, 5) is 11.7. The van der Waals surface area contributed by atoms with Crippen molar-refractivity contribution in [1.29, 1.82) is 0 Å². The highest BCUT2D eigenvalue weighted by molar-refractivity contribution is 5.75. The number of esters is 1. The summed E-state index contributed by atoms with van der Waals surface area (Å²) in [6.07, 6.45) is 6.51. The number of carbonyl (C=O) groups is 1. The fourth-order valence-electron chi connectivity index (χ4n) is 2.78. The van der Waals surface area contributed by atoms with Crippen LogP contribution in [0, 0.1) is 5.92 Å². The van der Waals surface area contributed by atoms with E-state index >= 15 is 0 Å². The van der Waals surface area contributed by atoms with Gasteiger partial charge in [0.05, 0.1) is 7.11 Å². The summed E-state index contributed by atoms with van der Waals surface area (Å²) >= 11 is 0. The van der Waals surface area contributed by atoms with Gasteiger partial charge in [-0.15, -0.1) is 0 Å². The molecule has 2 aliphatic carbocycles. The van der Waals surface area contributed by atoms with Crippen molar-refractivity contribution in [1.82, 2.24) is 0 Å². The molecule has 0 spiro atoms. The van der Waals surface area contributed by atoms with Crippen molar-refractivity contribution < 1.29 is 14.3 Å². The Kier molecular flexibility index (Phi) is 3.45. The number of fused-ring (bicyclic) bond motifs is 1. The molecule has 0 bridgehead atoms. The zero-order valence-electron chi connectivity index (χ0n) is 11.4. The van der Waals surface area contributed by atoms with Crippen LogP contribution in [0.3, 0.4) is 0 Å². The van der Waals surface area contributed by atoms with Crippen LogP contribution in [0.2, 0.25) is 0 Å². The van der Waals surface area contributed by atoms with Gasteiger partial charge in [-0.25, -0.2) is 4.79 Å². The maximum absolute atomic E-state index is 11.7. The summed E-state index contributed by atoms with van der Waals surface area (Å²) in [5.41, 5.74) is 2.81. The van der Waals surface area contributed by atoms with Gasteiger partial charge in [-0.2, -0.15) is 0 Å². The highest BCUT2D eigenvalue weighted by atomic mass is 16.6. The Bertz CT molecular complexity index is 477. The summed E-state index contributed by atoms with van der Waals surface area (Å²) in [6.45, 7) is 0. The number of hydrogen-bond donors (Lipinski definition) is 0. The van der Waals surface area contributed by atoms with Gasteiger partial charge in [0.25, 0.3) is 0 Å². The molecule has 0 radical (unpaired) electrons. The Morgan fingerprint density at radius 3 is 2.63 bits per heavy atom. The Hall–Kier alpha value is -1.51. The molecule has 0 aromatic heterocycles. The van der Waals surface area contributed by atoms with E-state index in [1.54, 1.807) is 0 Å². The van der Waals surface area contributed by atoms with Gasteiger partial charge < -0.3 is 9.47 Å². The minimum atomic E-state index is -0.424. The largest absolute Gasteiger partial charge is 0.478 e. The number of hydrogen-bond acceptors (Lipinski definition) is 3. The molecule has 0 heterocycles. The minimum Gasteiger partial charge on any atom is -0.478 e. The predicted octanol–water partition coefficient (Wildman–Crippen LogP) is 2.90. The fraction of sp³-hybridized carbons (Fsp3) is 0.562. The van der Waals surface area contributed by atoms with Crippen LogP contribution >= 0.6 is 0 Å². The molecule has 1 atom stereocenters. The van der Waals surface area contributed by atoms with E-state index in [-0.39, 0.29) is 5.97 Å². The molecule has 19 heavy (non-hydrogen) atoms. The zero-order chi connectivity index (χ0) is 13.2. The molecule has 0 amide bonds. The van der Waals surface area contributed by atoms with E-state index in [9.17, 15) is 4.79 Å². The molecule has 0 N–H and O–H groups in total. The van der Waals surface area contributed by atoms with E-state index in [1.807, 2.05) is 6.07 Å². The van der Waals surface area contributed by atoms with Crippen LogP contribution in [0.5, 0.6) is 5.75 Å². The van der Waals surface area contributed by atoms with Crippen molar-refractivity contribution in [3.8, 4) is 5.75 Å². The molecule has 3 heteroatoms. The third kappa shape index (κ3) is 2.75. The second kappa shape index (κ2) is 5.24. The van der Waals surface area contributed by atoms with Crippen LogP contribution in [-0.2, 0) is 22.4 Å². The number of aryl methyl sites for hydroxylation is 2. The first-order valence-corrected chi connectivity index (χ1v) is 7.14. The first-order chi connectivity index (χ1) is 9.28. The summed E-state index contributed by atoms with van der Waals surface area (Å²) in [5, 5.41) is 0. The quantitative estimate of drug-likeness (QED) is 0.781. The number of benzene rings is 1. The average molecular weight is 260 g/mol. The number of ether oxygens (including phenoxy) is 2. The smallest absolute Gasteiger partial charge is 0.347 e. The molecule has 3 rings (SSSR count). The molecule has 1 fully saturated rings. The van der Waals surface area contributed by atoms with E-state index in [0.717, 1.165) is 25.0 Å². The van der Waals surface area contributed by atoms with Crippen LogP contribution < -0.4 is 4.74 Å². The highest BCUT2D eigenvalue weighted by Gasteiger charge is 2.39. The minimum absolute atomic E-state index is 0.250. The van der Waals surface area contributed by atoms with E-state index < -0.39 is 6.10 Å². The van der Waals surface area contributed by atoms with Crippen LogP contribution in [-0.4, -0.2) is 19.2 Å². The average Bonchev–Trinajstić information content (AvgIpc) is 3.28. The van der Waals surface area contributed by atoms with E-state index in [1.165, 1.54) is 37.5 Å². The van der Waals surface area contributed by atoms with E-state index in [0.29, 0.717) is 5.92 Å². The van der Waals surface area contributed by atoms with Crippen molar-refractivity contribution in [2.45, 2.75) is 44.6 Å². The van der Waals surface area contributed by atoms with Crippen LogP contribution in [0.15, 0.2) is 18.2 Å². The van der Waals surface area contributed by atoms with Gasteiger partial charge in [0.1, 0.15) is 5.75 Å². The van der Waals surface area contributed by atoms with E-state index in [4.69, 9.17) is 9.47 Å². The second-order valence-corrected chi connectivity index (χ2v) is 5.54. The molecule has 102 valence electrons. The molecule has 3 nitrogen and oxygen atoms in total. The monoisotopic (exact) mass is 260 g/mol. The molecule has 0 aliphatic heterocycles. The topological polar surface area (TPSA) is 35.5 Å². The number of carbonyl (C=O) groups excluding carboxylic acids is 1. The SMILES string of the molecule is COC(=O)C(Oc1ccc2c(c1)CCCC2)C1CC1. The van der Waals surface area contributed by atoms with Crippen LogP contribution in [0.4, 0.5) is 0 Å². The number of methoxy groups -OCH3 is 1. The van der Waals surface area contributed by atoms with Gasteiger partial charge in [-0.1, -0.05) is 6.07 Å². The molecule has 1 aromatic rings. The van der Waals surface area contributed by atoms with Gasteiger partial charge in [0.15, 0.2) is 6.10 Å². The second-order valence-electron chi connectivity index (χ2n) is 5.54. The highest BCUT2D eigenvalue weighted by Crippen LogP contribution is 2.36. The molecule has 1 saturated carbocycles. The molecular weight excluding hydrogens is 240 g/mol. The summed E-state index contributed by atoms with van der Waals surface area (Å²) in [6, 6.07) is 6.24. The molecule has 0 saturated heterocycles. The zero-order valence-corrected chi connectivity index (χ0v) is 11.4. The maximum Gasteiger partial charge on any atom is 0.347 e. The van der Waals surface area contributed by atoms with Gasteiger partial charge in [0.2, 0.25) is 0 Å². The lowest BCUT2D eigenvalue weighted by Gasteiger charge is -2.20. The van der Waals surface area contributed by atoms with Crippen molar-refractivity contribution in [3.63, 3.8) is 0 Å². The lowest BCUT2D eigenvalue weighted by Crippen LogP contribution is -2.30. The van der Waals surface area contributed by atoms with Gasteiger partial charge in [0, 0.05) is 5.92 Å². The van der Waals surface area contributed by atoms with Crippen LogP contribution in [0.25, 0.3) is 0 Å². The summed E-state index contributed by atoms with van der Waals surface area (Å²) in [5.74, 6) is 0.895. The van der Waals surface area contributed by atoms with E-state index in [2.05, 4.69) is 12.1 Å². The Morgan fingerprint density at radius 2 is 1.95 bits per heavy atom. The van der Waals surface area contributed by atoms with Gasteiger partial charge >= 0.3 is 5.97 Å². The molecule has 2 aliphatic rings.